The van der Waals surface area contributed by atoms with Crippen LogP contribution in [0.1, 0.15) is 6.92 Å². The van der Waals surface area contributed by atoms with Gasteiger partial charge in [0.2, 0.25) is 0 Å². The third kappa shape index (κ3) is 1.98. The molecular weight excluding hydrogens is 257 g/mol. The number of nitrogens with zero attached hydrogens (tertiary/aromatic N) is 2. The molecular formula is C11H16FN3O2S. The molecule has 1 heterocycles. The van der Waals surface area contributed by atoms with E-state index in [0.717, 1.165) is 4.31 Å². The van der Waals surface area contributed by atoms with Crippen LogP contribution in [-0.2, 0) is 10.2 Å². The lowest BCUT2D eigenvalue weighted by molar-refractivity contribution is 0.375. The van der Waals surface area contributed by atoms with E-state index in [1.54, 1.807) is 13.0 Å². The summed E-state index contributed by atoms with van der Waals surface area (Å²) in [5, 5.41) is 0. The minimum absolute atomic E-state index is 0.0758. The van der Waals surface area contributed by atoms with Crippen molar-refractivity contribution in [1.82, 2.24) is 4.31 Å². The summed E-state index contributed by atoms with van der Waals surface area (Å²) in [7, 11) is -3.67. The third-order valence-corrected chi connectivity index (χ3v) is 5.12. The van der Waals surface area contributed by atoms with Gasteiger partial charge >= 0.3 is 10.2 Å². The number of hydrogen-bond acceptors (Lipinski definition) is 3. The van der Waals surface area contributed by atoms with Crippen molar-refractivity contribution in [2.45, 2.75) is 13.0 Å². The van der Waals surface area contributed by atoms with Crippen molar-refractivity contribution in [2.75, 3.05) is 23.9 Å². The normalized spacial score (nSPS) is 23.5. The van der Waals surface area contributed by atoms with Crippen molar-refractivity contribution >= 4 is 15.9 Å². The van der Waals surface area contributed by atoms with Crippen LogP contribution in [0.15, 0.2) is 24.3 Å². The summed E-state index contributed by atoms with van der Waals surface area (Å²) in [6, 6.07) is 5.54. The number of likely N-dealkylation sites (N-methyl/N-ethyl adjacent to an activating group) is 1. The van der Waals surface area contributed by atoms with Gasteiger partial charge in [0.15, 0.2) is 0 Å². The number of halogens is 1. The molecule has 2 rings (SSSR count). The molecule has 1 aliphatic rings. The lowest BCUT2D eigenvalue weighted by atomic mass is 10.2. The minimum atomic E-state index is -3.67. The van der Waals surface area contributed by atoms with Crippen molar-refractivity contribution in [3.63, 3.8) is 0 Å². The van der Waals surface area contributed by atoms with Gasteiger partial charge in [-0.1, -0.05) is 19.1 Å². The fourth-order valence-electron chi connectivity index (χ4n) is 2.18. The zero-order valence-electron chi connectivity index (χ0n) is 10.1. The monoisotopic (exact) mass is 273 g/mol. The lowest BCUT2D eigenvalue weighted by Gasteiger charge is -2.20. The quantitative estimate of drug-likeness (QED) is 0.874. The SMILES string of the molecule is CCN1C(CN)CN(c2ccccc2F)S1(=O)=O. The molecule has 5 nitrogen and oxygen atoms in total. The van der Waals surface area contributed by atoms with E-state index >= 15 is 0 Å². The Bertz CT molecular complexity index is 535. The van der Waals surface area contributed by atoms with Gasteiger partial charge in [0.1, 0.15) is 5.82 Å². The molecule has 2 N–H and O–H groups in total. The highest BCUT2D eigenvalue weighted by Crippen LogP contribution is 2.29. The van der Waals surface area contributed by atoms with E-state index in [-0.39, 0.29) is 24.8 Å². The van der Waals surface area contributed by atoms with Crippen LogP contribution in [0.25, 0.3) is 0 Å². The first-order chi connectivity index (χ1) is 8.52. The molecule has 1 aromatic carbocycles. The van der Waals surface area contributed by atoms with Crippen molar-refractivity contribution in [3.8, 4) is 0 Å². The average Bonchev–Trinajstić information content (AvgIpc) is 2.60. The Hall–Kier alpha value is -1.18. The Morgan fingerprint density at radius 3 is 2.61 bits per heavy atom. The highest BCUT2D eigenvalue weighted by atomic mass is 32.2. The molecule has 0 aliphatic carbocycles. The van der Waals surface area contributed by atoms with Gasteiger partial charge in [-0.25, -0.2) is 4.39 Å². The molecule has 1 atom stereocenters. The average molecular weight is 273 g/mol. The molecule has 1 aromatic rings. The van der Waals surface area contributed by atoms with E-state index in [1.807, 2.05) is 0 Å². The third-order valence-electron chi connectivity index (χ3n) is 3.06. The van der Waals surface area contributed by atoms with E-state index in [4.69, 9.17) is 5.73 Å². The number of nitrogens with two attached hydrogens (primary N) is 1. The van der Waals surface area contributed by atoms with Gasteiger partial charge in [-0.15, -0.1) is 0 Å². The first-order valence-corrected chi connectivity index (χ1v) is 7.16. The van der Waals surface area contributed by atoms with E-state index < -0.39 is 16.0 Å². The van der Waals surface area contributed by atoms with Crippen molar-refractivity contribution < 1.29 is 12.8 Å². The van der Waals surface area contributed by atoms with E-state index in [1.165, 1.54) is 22.5 Å². The molecule has 0 saturated carbocycles. The standard InChI is InChI=1S/C11H16FN3O2S/c1-2-14-9(7-13)8-15(18(14,16)17)11-6-4-3-5-10(11)12/h3-6,9H,2,7-8,13H2,1H3. The van der Waals surface area contributed by atoms with Crippen LogP contribution >= 0.6 is 0 Å². The molecule has 1 aliphatic heterocycles. The van der Waals surface area contributed by atoms with Gasteiger partial charge in [-0.05, 0) is 12.1 Å². The highest BCUT2D eigenvalue weighted by Gasteiger charge is 2.43. The Balaban J connectivity index is 2.45. The Kier molecular flexibility index (Phi) is 3.56. The van der Waals surface area contributed by atoms with Gasteiger partial charge in [0.05, 0.1) is 18.3 Å². The van der Waals surface area contributed by atoms with Gasteiger partial charge < -0.3 is 5.73 Å². The molecule has 0 spiro atoms. The van der Waals surface area contributed by atoms with E-state index in [0.29, 0.717) is 6.54 Å². The fourth-order valence-corrected chi connectivity index (χ4v) is 4.05. The maximum absolute atomic E-state index is 13.7. The van der Waals surface area contributed by atoms with Crippen molar-refractivity contribution in [3.05, 3.63) is 30.1 Å². The predicted molar refractivity (Wildman–Crippen MR) is 67.9 cm³/mol. The van der Waals surface area contributed by atoms with Gasteiger partial charge in [-0.2, -0.15) is 12.7 Å². The van der Waals surface area contributed by atoms with Crippen LogP contribution in [0, 0.1) is 5.82 Å². The second-order valence-corrected chi connectivity index (χ2v) is 5.89. The molecule has 0 bridgehead atoms. The van der Waals surface area contributed by atoms with Crippen molar-refractivity contribution in [2.24, 2.45) is 5.73 Å². The van der Waals surface area contributed by atoms with Gasteiger partial charge in [0, 0.05) is 13.1 Å². The first kappa shape index (κ1) is 13.3. The number of benzene rings is 1. The molecule has 1 saturated heterocycles. The summed E-state index contributed by atoms with van der Waals surface area (Å²) in [6.45, 7) is 2.48. The highest BCUT2D eigenvalue weighted by molar-refractivity contribution is 7.90. The Labute approximate surface area is 106 Å². The summed E-state index contributed by atoms with van der Waals surface area (Å²) >= 11 is 0. The van der Waals surface area contributed by atoms with Crippen LogP contribution in [0.2, 0.25) is 0 Å². The zero-order valence-corrected chi connectivity index (χ0v) is 10.9. The maximum atomic E-state index is 13.7. The minimum Gasteiger partial charge on any atom is -0.329 e. The molecule has 1 unspecified atom stereocenters. The maximum Gasteiger partial charge on any atom is 0.304 e. The van der Waals surface area contributed by atoms with Crippen LogP contribution in [0.3, 0.4) is 0 Å². The zero-order chi connectivity index (χ0) is 13.3. The summed E-state index contributed by atoms with van der Waals surface area (Å²) in [5.41, 5.74) is 5.65. The topological polar surface area (TPSA) is 66.6 Å². The predicted octanol–water partition coefficient (Wildman–Crippen LogP) is 0.540. The van der Waals surface area contributed by atoms with Crippen LogP contribution in [-0.4, -0.2) is 38.4 Å². The van der Waals surface area contributed by atoms with Crippen LogP contribution in [0.5, 0.6) is 0 Å². The molecule has 1 fully saturated rings. The lowest BCUT2D eigenvalue weighted by Crippen LogP contribution is -2.39. The second kappa shape index (κ2) is 4.83. The number of rotatable bonds is 3. The summed E-state index contributed by atoms with van der Waals surface area (Å²) in [4.78, 5) is 0. The molecule has 7 heteroatoms. The Morgan fingerprint density at radius 2 is 2.11 bits per heavy atom. The van der Waals surface area contributed by atoms with Crippen molar-refractivity contribution in [1.29, 1.82) is 0 Å². The molecule has 0 amide bonds. The van der Waals surface area contributed by atoms with Gasteiger partial charge in [0.25, 0.3) is 0 Å². The molecule has 100 valence electrons. The summed E-state index contributed by atoms with van der Waals surface area (Å²) < 4.78 is 40.6. The Morgan fingerprint density at radius 1 is 1.44 bits per heavy atom. The van der Waals surface area contributed by atoms with E-state index in [9.17, 15) is 12.8 Å². The van der Waals surface area contributed by atoms with E-state index in [2.05, 4.69) is 0 Å². The number of anilines is 1. The molecule has 0 radical (unpaired) electrons. The summed E-state index contributed by atoms with van der Waals surface area (Å²) in [5.74, 6) is -0.546. The summed E-state index contributed by atoms with van der Waals surface area (Å²) in [6.07, 6.45) is 0. The smallest absolute Gasteiger partial charge is 0.304 e. The largest absolute Gasteiger partial charge is 0.329 e. The van der Waals surface area contributed by atoms with Crippen LogP contribution in [0.4, 0.5) is 10.1 Å². The second-order valence-electron chi connectivity index (χ2n) is 4.08. The van der Waals surface area contributed by atoms with Crippen LogP contribution < -0.4 is 10.0 Å². The molecule has 0 aromatic heterocycles. The first-order valence-electron chi connectivity index (χ1n) is 5.76. The number of hydrogen-bond donors (Lipinski definition) is 1. The number of para-hydroxylation sites is 1. The fraction of sp³-hybridized carbons (Fsp3) is 0.455. The van der Waals surface area contributed by atoms with Gasteiger partial charge in [-0.3, -0.25) is 4.31 Å². The molecule has 18 heavy (non-hydrogen) atoms.